The minimum atomic E-state index is -6.54. The second-order valence-corrected chi connectivity index (χ2v) is 10.5. The lowest BCUT2D eigenvalue weighted by molar-refractivity contribution is -0.356. The van der Waals surface area contributed by atoms with Gasteiger partial charge in [-0.25, -0.2) is 4.79 Å². The Hall–Kier alpha value is -3.85. The number of hydrogen-bond acceptors (Lipinski definition) is 6. The summed E-state index contributed by atoms with van der Waals surface area (Å²) in [5.74, 6) is -8.28. The molecule has 41 heavy (non-hydrogen) atoms. The summed E-state index contributed by atoms with van der Waals surface area (Å²) in [6.45, 7) is 0. The fourth-order valence-corrected chi connectivity index (χ4v) is 5.36. The van der Waals surface area contributed by atoms with E-state index in [1.165, 1.54) is 0 Å². The van der Waals surface area contributed by atoms with E-state index in [1.807, 2.05) is 0 Å². The van der Waals surface area contributed by atoms with Crippen LogP contribution in [0.15, 0.2) is 66.7 Å². The third kappa shape index (κ3) is 5.68. The summed E-state index contributed by atoms with van der Waals surface area (Å²) >= 11 is 0. The van der Waals surface area contributed by atoms with Crippen LogP contribution in [0.25, 0.3) is 11.1 Å². The zero-order chi connectivity index (χ0) is 30.4. The van der Waals surface area contributed by atoms with Gasteiger partial charge < -0.3 is 9.47 Å². The van der Waals surface area contributed by atoms with Gasteiger partial charge in [-0.05, 0) is 34.4 Å². The minimum Gasteiger partial charge on any atom is -0.434 e. The zero-order valence-electron chi connectivity index (χ0n) is 20.5. The number of carbonyl (C=O) groups is 2. The highest BCUT2D eigenvalue weighted by Gasteiger charge is 2.76. The second-order valence-electron chi connectivity index (χ2n) is 9.00. The number of fused-ring (bicyclic) bond motifs is 3. The van der Waals surface area contributed by atoms with Gasteiger partial charge in [0.15, 0.2) is 0 Å². The van der Waals surface area contributed by atoms with Crippen molar-refractivity contribution in [1.82, 2.24) is 0 Å². The molecule has 0 heterocycles. The first-order valence-corrected chi connectivity index (χ1v) is 13.1. The smallest absolute Gasteiger partial charge is 0.434 e. The minimum absolute atomic E-state index is 0.174. The van der Waals surface area contributed by atoms with Gasteiger partial charge in [-0.2, -0.15) is 34.8 Å². The van der Waals surface area contributed by atoms with Crippen LogP contribution >= 0.6 is 0 Å². The summed E-state index contributed by atoms with van der Waals surface area (Å²) < 4.78 is 123. The van der Waals surface area contributed by atoms with E-state index in [9.17, 15) is 44.3 Å². The Balaban J connectivity index is 1.76. The zero-order valence-corrected chi connectivity index (χ0v) is 21.3. The number of carbonyl (C=O) groups excluding carboxylic acids is 2. The molecule has 3 aromatic carbocycles. The molecular formula is C26H17BF6O7S. The van der Waals surface area contributed by atoms with E-state index in [-0.39, 0.29) is 11.9 Å². The lowest BCUT2D eigenvalue weighted by Gasteiger charge is -2.35. The first kappa shape index (κ1) is 30.1. The molecule has 0 spiro atoms. The van der Waals surface area contributed by atoms with Gasteiger partial charge in [0.2, 0.25) is 0 Å². The predicted octanol–water partition coefficient (Wildman–Crippen LogP) is 4.98. The van der Waals surface area contributed by atoms with Crippen molar-refractivity contribution in [3.63, 3.8) is 0 Å². The fraction of sp³-hybridized carbons (Fsp3) is 0.231. The summed E-state index contributed by atoms with van der Waals surface area (Å²) in [6, 6.07) is 16.2. The summed E-state index contributed by atoms with van der Waals surface area (Å²) in [4.78, 5) is 26.3. The maximum absolute atomic E-state index is 13.7. The first-order valence-electron chi connectivity index (χ1n) is 11.5. The summed E-state index contributed by atoms with van der Waals surface area (Å²) in [5.41, 5.74) is -4.17. The third-order valence-corrected chi connectivity index (χ3v) is 7.12. The SMILES string of the molecule is [B]Cc1ccc(C(=O)OC(CS(=O)(=O)O)(C(F)(F)F)C(F)(F)F)c(OC(=O)C2c3ccccc3-c3ccccc32)c1. The molecule has 1 aliphatic carbocycles. The van der Waals surface area contributed by atoms with Gasteiger partial charge in [0.1, 0.15) is 23.0 Å². The Kier molecular flexibility index (Phi) is 7.73. The van der Waals surface area contributed by atoms with Gasteiger partial charge in [-0.15, -0.1) is 0 Å². The van der Waals surface area contributed by atoms with E-state index in [1.54, 1.807) is 48.5 Å². The Morgan fingerprint density at radius 2 is 1.37 bits per heavy atom. The molecule has 7 nitrogen and oxygen atoms in total. The van der Waals surface area contributed by atoms with Crippen molar-refractivity contribution in [1.29, 1.82) is 0 Å². The molecule has 15 heteroatoms. The van der Waals surface area contributed by atoms with Crippen molar-refractivity contribution in [3.8, 4) is 16.9 Å². The number of rotatable bonds is 7. The van der Waals surface area contributed by atoms with E-state index < -0.39 is 63.0 Å². The molecule has 1 aliphatic rings. The van der Waals surface area contributed by atoms with E-state index in [0.29, 0.717) is 28.3 Å². The van der Waals surface area contributed by atoms with Gasteiger partial charge in [-0.1, -0.05) is 66.5 Å². The van der Waals surface area contributed by atoms with Crippen LogP contribution in [0.3, 0.4) is 0 Å². The molecule has 4 rings (SSSR count). The van der Waals surface area contributed by atoms with Gasteiger partial charge in [0.25, 0.3) is 10.1 Å². The van der Waals surface area contributed by atoms with Crippen LogP contribution < -0.4 is 4.74 Å². The van der Waals surface area contributed by atoms with Crippen LogP contribution in [-0.2, 0) is 26.0 Å². The molecule has 2 radical (unpaired) electrons. The lowest BCUT2D eigenvalue weighted by Crippen LogP contribution is -2.63. The van der Waals surface area contributed by atoms with Crippen molar-refractivity contribution in [2.75, 3.05) is 5.75 Å². The molecule has 0 fully saturated rings. The van der Waals surface area contributed by atoms with Crippen molar-refractivity contribution in [2.24, 2.45) is 0 Å². The van der Waals surface area contributed by atoms with Gasteiger partial charge in [0, 0.05) is 0 Å². The molecule has 0 saturated heterocycles. The van der Waals surface area contributed by atoms with Crippen LogP contribution in [0.2, 0.25) is 0 Å². The van der Waals surface area contributed by atoms with E-state index in [0.717, 1.165) is 12.1 Å². The maximum atomic E-state index is 13.7. The number of ether oxygens (including phenoxy) is 2. The summed E-state index contributed by atoms with van der Waals surface area (Å²) in [7, 11) is -0.442. The molecule has 0 aliphatic heterocycles. The van der Waals surface area contributed by atoms with Crippen molar-refractivity contribution in [3.05, 3.63) is 89.0 Å². The average Bonchev–Trinajstić information content (AvgIpc) is 3.20. The molecule has 0 aromatic heterocycles. The Morgan fingerprint density at radius 3 is 1.83 bits per heavy atom. The lowest BCUT2D eigenvalue weighted by atomic mass is 9.95. The third-order valence-electron chi connectivity index (χ3n) is 6.35. The highest BCUT2D eigenvalue weighted by atomic mass is 32.2. The number of halogens is 6. The number of hydrogen-bond donors (Lipinski definition) is 1. The molecule has 0 unspecified atom stereocenters. The Bertz CT molecular complexity index is 1560. The van der Waals surface area contributed by atoms with E-state index in [4.69, 9.17) is 17.1 Å². The van der Waals surface area contributed by atoms with Crippen LogP contribution in [0.4, 0.5) is 26.3 Å². The molecule has 3 aromatic rings. The van der Waals surface area contributed by atoms with Crippen LogP contribution in [0.5, 0.6) is 5.75 Å². The van der Waals surface area contributed by atoms with Crippen LogP contribution in [0.1, 0.15) is 33.0 Å². The Labute approximate surface area is 230 Å². The van der Waals surface area contributed by atoms with E-state index >= 15 is 0 Å². The number of alkyl halides is 6. The highest BCUT2D eigenvalue weighted by Crippen LogP contribution is 2.48. The molecule has 0 bridgehead atoms. The summed E-state index contributed by atoms with van der Waals surface area (Å²) in [6.07, 6.45) is -13.3. The number of benzene rings is 3. The largest absolute Gasteiger partial charge is 0.438 e. The second kappa shape index (κ2) is 10.5. The molecular weight excluding hydrogens is 581 g/mol. The van der Waals surface area contributed by atoms with Crippen molar-refractivity contribution >= 4 is 29.9 Å². The highest BCUT2D eigenvalue weighted by molar-refractivity contribution is 7.85. The normalized spacial score (nSPS) is 13.8. The molecule has 0 atom stereocenters. The van der Waals surface area contributed by atoms with Crippen LogP contribution in [0, 0.1) is 0 Å². The maximum Gasteiger partial charge on any atom is 0.438 e. The van der Waals surface area contributed by atoms with E-state index in [2.05, 4.69) is 4.74 Å². The first-order chi connectivity index (χ1) is 19.0. The van der Waals surface area contributed by atoms with Crippen LogP contribution in [-0.4, -0.2) is 56.5 Å². The molecule has 214 valence electrons. The number of esters is 2. The summed E-state index contributed by atoms with van der Waals surface area (Å²) in [5, 5.41) is 0. The van der Waals surface area contributed by atoms with Crippen molar-refractivity contribution < 1.29 is 58.4 Å². The van der Waals surface area contributed by atoms with Gasteiger partial charge >= 0.3 is 29.9 Å². The monoisotopic (exact) mass is 598 g/mol. The van der Waals surface area contributed by atoms with Crippen molar-refractivity contribution in [2.45, 2.75) is 30.2 Å². The van der Waals surface area contributed by atoms with Gasteiger partial charge in [0.05, 0.1) is 7.85 Å². The standard InChI is InChI=1S/C26H17BF6O7S/c27-12-14-9-10-19(22(34)40-24(25(28,29)30,26(31,32)33)13-41(36,37)38)20(11-14)39-23(35)21-17-7-3-1-5-15(17)16-6-2-4-8-18(16)21/h1-11,21H,12-13H2,(H,36,37,38). The molecule has 0 saturated carbocycles. The average molecular weight is 598 g/mol. The quantitative estimate of drug-likeness (QED) is 0.135. The fourth-order valence-electron chi connectivity index (χ4n) is 4.46. The van der Waals surface area contributed by atoms with Gasteiger partial charge in [-0.3, -0.25) is 9.35 Å². The Morgan fingerprint density at radius 1 is 0.854 bits per heavy atom. The topological polar surface area (TPSA) is 107 Å². The molecule has 0 amide bonds. The molecule has 1 N–H and O–H groups in total. The predicted molar refractivity (Wildman–Crippen MR) is 132 cm³/mol.